The van der Waals surface area contributed by atoms with E-state index in [1.807, 2.05) is 29.8 Å². The fraction of sp³-hybridized carbons (Fsp3) is 0.286. The Balaban J connectivity index is 1.53. The Bertz CT molecular complexity index is 831. The van der Waals surface area contributed by atoms with Crippen LogP contribution < -0.4 is 0 Å². The highest BCUT2D eigenvalue weighted by atomic mass is 79.9. The van der Waals surface area contributed by atoms with E-state index >= 15 is 0 Å². The third kappa shape index (κ3) is 4.80. The number of rotatable bonds is 8. The minimum absolute atomic E-state index is 0.233. The average molecular weight is 417 g/mol. The van der Waals surface area contributed by atoms with Gasteiger partial charge in [-0.2, -0.15) is 5.10 Å². The molecule has 2 aromatic carbocycles. The quantitative estimate of drug-likeness (QED) is 0.436. The van der Waals surface area contributed by atoms with Gasteiger partial charge in [0.25, 0.3) is 0 Å². The third-order valence-corrected chi connectivity index (χ3v) is 5.14. The van der Waals surface area contributed by atoms with Crippen molar-refractivity contribution in [3.8, 4) is 11.3 Å². The number of aromatic nitrogens is 2. The first-order valence-corrected chi connectivity index (χ1v) is 9.55. The third-order valence-electron chi connectivity index (χ3n) is 4.19. The molecule has 0 N–H and O–H groups in total. The number of hydrogen-bond donors (Lipinski definition) is 0. The van der Waals surface area contributed by atoms with Gasteiger partial charge in [0.15, 0.2) is 0 Å². The molecule has 136 valence electrons. The van der Waals surface area contributed by atoms with Crippen molar-refractivity contribution in [1.82, 2.24) is 9.78 Å². The fourth-order valence-electron chi connectivity index (χ4n) is 2.83. The van der Waals surface area contributed by atoms with E-state index in [0.717, 1.165) is 47.4 Å². The van der Waals surface area contributed by atoms with Gasteiger partial charge in [0, 0.05) is 18.7 Å². The molecule has 1 heterocycles. The van der Waals surface area contributed by atoms with Gasteiger partial charge >= 0.3 is 0 Å². The number of unbranched alkanes of at least 4 members (excludes halogenated alkanes) is 1. The summed E-state index contributed by atoms with van der Waals surface area (Å²) in [5.41, 5.74) is 4.08. The van der Waals surface area contributed by atoms with E-state index in [9.17, 15) is 4.39 Å². The number of halogens is 2. The predicted octanol–water partition coefficient (Wildman–Crippen LogP) is 5.76. The largest absolute Gasteiger partial charge is 0.377 e. The number of ether oxygens (including phenoxy) is 1. The highest BCUT2D eigenvalue weighted by Gasteiger charge is 2.14. The van der Waals surface area contributed by atoms with Gasteiger partial charge in [-0.1, -0.05) is 30.3 Å². The zero-order valence-electron chi connectivity index (χ0n) is 14.8. The van der Waals surface area contributed by atoms with Gasteiger partial charge < -0.3 is 4.74 Å². The lowest BCUT2D eigenvalue weighted by molar-refractivity contribution is 0.116. The molecule has 0 spiro atoms. The molecule has 0 aliphatic heterocycles. The molecule has 3 rings (SSSR count). The Morgan fingerprint density at radius 1 is 1.04 bits per heavy atom. The summed E-state index contributed by atoms with van der Waals surface area (Å²) in [6, 6.07) is 16.7. The van der Waals surface area contributed by atoms with Gasteiger partial charge in [-0.25, -0.2) is 4.39 Å². The summed E-state index contributed by atoms with van der Waals surface area (Å²) in [7, 11) is 0. The van der Waals surface area contributed by atoms with Crippen molar-refractivity contribution in [2.75, 3.05) is 6.61 Å². The molecule has 0 aliphatic carbocycles. The molecule has 26 heavy (non-hydrogen) atoms. The topological polar surface area (TPSA) is 27.1 Å². The molecule has 0 atom stereocenters. The summed E-state index contributed by atoms with van der Waals surface area (Å²) in [5, 5.41) is 4.61. The Morgan fingerprint density at radius 3 is 2.50 bits per heavy atom. The molecule has 3 nitrogen and oxygen atoms in total. The van der Waals surface area contributed by atoms with E-state index < -0.39 is 0 Å². The molecular formula is C21H22BrFN2O. The van der Waals surface area contributed by atoms with Gasteiger partial charge in [-0.05, 0) is 65.5 Å². The zero-order chi connectivity index (χ0) is 18.4. The van der Waals surface area contributed by atoms with Gasteiger partial charge in [-0.15, -0.1) is 0 Å². The molecule has 0 saturated heterocycles. The number of hydrogen-bond acceptors (Lipinski definition) is 2. The van der Waals surface area contributed by atoms with Crippen molar-refractivity contribution in [2.24, 2.45) is 0 Å². The Labute approximate surface area is 161 Å². The summed E-state index contributed by atoms with van der Waals surface area (Å²) < 4.78 is 21.9. The van der Waals surface area contributed by atoms with E-state index in [0.29, 0.717) is 6.61 Å². The highest BCUT2D eigenvalue weighted by Crippen LogP contribution is 2.31. The van der Waals surface area contributed by atoms with Crippen LogP contribution in [0.25, 0.3) is 11.3 Å². The zero-order valence-corrected chi connectivity index (χ0v) is 16.4. The molecule has 3 aromatic rings. The van der Waals surface area contributed by atoms with Crippen molar-refractivity contribution in [3.63, 3.8) is 0 Å². The van der Waals surface area contributed by atoms with Crippen molar-refractivity contribution in [2.45, 2.75) is 32.9 Å². The van der Waals surface area contributed by atoms with Crippen molar-refractivity contribution in [3.05, 3.63) is 76.1 Å². The van der Waals surface area contributed by atoms with E-state index in [2.05, 4.69) is 33.2 Å². The van der Waals surface area contributed by atoms with Gasteiger partial charge in [0.05, 0.1) is 22.5 Å². The van der Waals surface area contributed by atoms with Gasteiger partial charge in [-0.3, -0.25) is 4.68 Å². The normalized spacial score (nSPS) is 11.0. The van der Waals surface area contributed by atoms with Crippen LogP contribution in [0, 0.1) is 12.7 Å². The van der Waals surface area contributed by atoms with E-state index in [4.69, 9.17) is 4.74 Å². The molecule has 5 heteroatoms. The standard InChI is InChI=1S/C21H22BrFN2O/c1-16-20(22)21(18-9-11-19(23)12-10-18)25(24-16)13-5-6-14-26-15-17-7-3-2-4-8-17/h2-4,7-12H,5-6,13-15H2,1H3. The van der Waals surface area contributed by atoms with Crippen molar-refractivity contribution < 1.29 is 9.13 Å². The maximum atomic E-state index is 13.2. The lowest BCUT2D eigenvalue weighted by Gasteiger charge is -2.09. The molecule has 1 aromatic heterocycles. The van der Waals surface area contributed by atoms with Crippen LogP contribution in [0.2, 0.25) is 0 Å². The van der Waals surface area contributed by atoms with Crippen LogP contribution in [-0.4, -0.2) is 16.4 Å². The van der Waals surface area contributed by atoms with Crippen LogP contribution in [0.1, 0.15) is 24.1 Å². The minimum Gasteiger partial charge on any atom is -0.377 e. The average Bonchev–Trinajstić information content (AvgIpc) is 2.94. The number of nitrogens with zero attached hydrogens (tertiary/aromatic N) is 2. The van der Waals surface area contributed by atoms with E-state index in [1.54, 1.807) is 12.1 Å². The fourth-order valence-corrected chi connectivity index (χ4v) is 3.35. The maximum Gasteiger partial charge on any atom is 0.123 e. The second-order valence-electron chi connectivity index (χ2n) is 6.22. The molecule has 0 unspecified atom stereocenters. The first-order valence-electron chi connectivity index (χ1n) is 8.75. The minimum atomic E-state index is -0.233. The Morgan fingerprint density at radius 2 is 1.77 bits per heavy atom. The number of benzene rings is 2. The molecule has 0 bridgehead atoms. The predicted molar refractivity (Wildman–Crippen MR) is 105 cm³/mol. The van der Waals surface area contributed by atoms with Crippen LogP contribution in [-0.2, 0) is 17.9 Å². The summed E-state index contributed by atoms with van der Waals surface area (Å²) in [5.74, 6) is -0.233. The van der Waals surface area contributed by atoms with Crippen LogP contribution in [0.4, 0.5) is 4.39 Å². The lowest BCUT2D eigenvalue weighted by atomic mass is 10.1. The molecular weight excluding hydrogens is 395 g/mol. The van der Waals surface area contributed by atoms with E-state index in [-0.39, 0.29) is 5.82 Å². The van der Waals surface area contributed by atoms with Crippen LogP contribution in [0.5, 0.6) is 0 Å². The molecule has 0 saturated carbocycles. The van der Waals surface area contributed by atoms with E-state index in [1.165, 1.54) is 17.7 Å². The number of aryl methyl sites for hydroxylation is 2. The summed E-state index contributed by atoms with van der Waals surface area (Å²) in [6.07, 6.45) is 1.93. The summed E-state index contributed by atoms with van der Waals surface area (Å²) in [6.45, 7) is 4.14. The van der Waals surface area contributed by atoms with Crippen molar-refractivity contribution >= 4 is 15.9 Å². The van der Waals surface area contributed by atoms with Crippen LogP contribution in [0.15, 0.2) is 59.1 Å². The second-order valence-corrected chi connectivity index (χ2v) is 7.02. The SMILES string of the molecule is Cc1nn(CCCCOCc2ccccc2)c(-c2ccc(F)cc2)c1Br. The van der Waals surface area contributed by atoms with Crippen LogP contribution in [0.3, 0.4) is 0 Å². The monoisotopic (exact) mass is 416 g/mol. The maximum absolute atomic E-state index is 13.2. The highest BCUT2D eigenvalue weighted by molar-refractivity contribution is 9.10. The molecule has 0 fully saturated rings. The Kier molecular flexibility index (Phi) is 6.58. The Hall–Kier alpha value is -1.98. The summed E-state index contributed by atoms with van der Waals surface area (Å²) >= 11 is 3.61. The second kappa shape index (κ2) is 9.10. The lowest BCUT2D eigenvalue weighted by Crippen LogP contribution is -2.04. The van der Waals surface area contributed by atoms with Gasteiger partial charge in [0.1, 0.15) is 5.82 Å². The molecule has 0 amide bonds. The first kappa shape index (κ1) is 18.8. The van der Waals surface area contributed by atoms with Crippen molar-refractivity contribution in [1.29, 1.82) is 0 Å². The van der Waals surface area contributed by atoms with Gasteiger partial charge in [0.2, 0.25) is 0 Å². The molecule has 0 radical (unpaired) electrons. The smallest absolute Gasteiger partial charge is 0.123 e. The molecule has 0 aliphatic rings. The van der Waals surface area contributed by atoms with Crippen LogP contribution >= 0.6 is 15.9 Å². The summed E-state index contributed by atoms with van der Waals surface area (Å²) in [4.78, 5) is 0. The first-order chi connectivity index (χ1) is 12.6.